The lowest BCUT2D eigenvalue weighted by atomic mass is 10.1. The summed E-state index contributed by atoms with van der Waals surface area (Å²) in [6.07, 6.45) is 0.898. The highest BCUT2D eigenvalue weighted by molar-refractivity contribution is 7.82. The van der Waals surface area contributed by atoms with Gasteiger partial charge >= 0.3 is 0 Å². The van der Waals surface area contributed by atoms with E-state index in [0.717, 1.165) is 6.42 Å². The number of rotatable bonds is 2. The van der Waals surface area contributed by atoms with Gasteiger partial charge in [-0.25, -0.2) is 21.7 Å². The molecule has 26 heavy (non-hydrogen) atoms. The van der Waals surface area contributed by atoms with Crippen LogP contribution in [0, 0.1) is 17.5 Å². The highest BCUT2D eigenvalue weighted by atomic mass is 32.2. The molecule has 0 spiro atoms. The van der Waals surface area contributed by atoms with E-state index in [9.17, 15) is 22.2 Å². The molecule has 0 aliphatic carbocycles. The highest BCUT2D eigenvalue weighted by Gasteiger charge is 2.32. The fraction of sp³-hybridized carbons (Fsp3) is 0.235. The smallest absolute Gasteiger partial charge is 0.255 e. The Labute approximate surface area is 149 Å². The number of amides is 1. The van der Waals surface area contributed by atoms with Crippen LogP contribution in [-0.4, -0.2) is 33.6 Å². The molecule has 5 nitrogen and oxygen atoms in total. The summed E-state index contributed by atoms with van der Waals surface area (Å²) in [6, 6.07) is 6.29. The summed E-state index contributed by atoms with van der Waals surface area (Å²) in [6.45, 7) is 1.37. The standard InChI is InChI=1S/C17H14F3N3O2S/c18-12-6-11(7-13(19)16(12)20)22-17(24)9-1-2-14-15(5-9)26(25)23-4-3-10(8-23)21-14/h1-2,5-7,10,21H,3-4,8H2,(H,22,24)/t10-,26?/m0/s1. The predicted octanol–water partition coefficient (Wildman–Crippen LogP) is 2.88. The van der Waals surface area contributed by atoms with Crippen LogP contribution in [0.1, 0.15) is 16.8 Å². The minimum Gasteiger partial charge on any atom is -0.380 e. The van der Waals surface area contributed by atoms with Crippen LogP contribution in [0.3, 0.4) is 0 Å². The average Bonchev–Trinajstić information content (AvgIpc) is 3.02. The molecule has 4 rings (SSSR count). The molecule has 0 radical (unpaired) electrons. The van der Waals surface area contributed by atoms with E-state index >= 15 is 0 Å². The molecule has 9 heteroatoms. The van der Waals surface area contributed by atoms with E-state index in [1.165, 1.54) is 12.1 Å². The minimum atomic E-state index is -1.60. The first-order chi connectivity index (χ1) is 12.4. The first kappa shape index (κ1) is 17.0. The van der Waals surface area contributed by atoms with E-state index < -0.39 is 34.3 Å². The minimum absolute atomic E-state index is 0.183. The second-order valence-corrected chi connectivity index (χ2v) is 7.64. The third kappa shape index (κ3) is 2.97. The van der Waals surface area contributed by atoms with Crippen molar-refractivity contribution in [2.24, 2.45) is 0 Å². The lowest BCUT2D eigenvalue weighted by Gasteiger charge is -2.16. The first-order valence-electron chi connectivity index (χ1n) is 7.95. The number of carbonyl (C=O) groups excluding carboxylic acids is 1. The zero-order valence-corrected chi connectivity index (χ0v) is 14.2. The summed E-state index contributed by atoms with van der Waals surface area (Å²) in [5, 5.41) is 5.63. The fourth-order valence-corrected chi connectivity index (χ4v) is 4.52. The van der Waals surface area contributed by atoms with Gasteiger partial charge in [0.1, 0.15) is 11.0 Å². The molecule has 1 fully saturated rings. The van der Waals surface area contributed by atoms with Gasteiger partial charge in [0.05, 0.1) is 10.6 Å². The number of carbonyl (C=O) groups is 1. The molecule has 2 aromatic carbocycles. The summed E-state index contributed by atoms with van der Waals surface area (Å²) < 4.78 is 54.1. The van der Waals surface area contributed by atoms with E-state index in [1.54, 1.807) is 6.07 Å². The van der Waals surface area contributed by atoms with E-state index in [2.05, 4.69) is 10.6 Å². The monoisotopic (exact) mass is 381 g/mol. The van der Waals surface area contributed by atoms with Gasteiger partial charge in [0, 0.05) is 42.5 Å². The lowest BCUT2D eigenvalue weighted by Crippen LogP contribution is -2.23. The topological polar surface area (TPSA) is 61.4 Å². The summed E-state index contributed by atoms with van der Waals surface area (Å²) in [5.41, 5.74) is 0.678. The van der Waals surface area contributed by atoms with Gasteiger partial charge in [0.25, 0.3) is 5.91 Å². The Kier molecular flexibility index (Phi) is 4.20. The van der Waals surface area contributed by atoms with Gasteiger partial charge in [-0.05, 0) is 24.6 Å². The van der Waals surface area contributed by atoms with E-state index in [4.69, 9.17) is 0 Å². The van der Waals surface area contributed by atoms with Crippen molar-refractivity contribution in [1.82, 2.24) is 4.31 Å². The van der Waals surface area contributed by atoms with Crippen LogP contribution in [0.25, 0.3) is 0 Å². The van der Waals surface area contributed by atoms with Crippen molar-refractivity contribution < 1.29 is 22.2 Å². The number of nitrogens with one attached hydrogen (secondary N) is 2. The fourth-order valence-electron chi connectivity index (χ4n) is 3.11. The molecule has 2 aliphatic heterocycles. The molecule has 2 bridgehead atoms. The summed E-state index contributed by atoms with van der Waals surface area (Å²) in [5.74, 6) is -5.02. The predicted molar refractivity (Wildman–Crippen MR) is 90.7 cm³/mol. The Morgan fingerprint density at radius 3 is 2.65 bits per heavy atom. The van der Waals surface area contributed by atoms with Crippen LogP contribution in [0.15, 0.2) is 35.2 Å². The molecule has 3 atom stereocenters. The van der Waals surface area contributed by atoms with Crippen molar-refractivity contribution in [1.29, 1.82) is 0 Å². The van der Waals surface area contributed by atoms with Crippen LogP contribution < -0.4 is 10.6 Å². The molecule has 2 aliphatic rings. The van der Waals surface area contributed by atoms with Gasteiger partial charge < -0.3 is 10.6 Å². The molecule has 2 N–H and O–H groups in total. The molecule has 0 saturated carbocycles. The zero-order chi connectivity index (χ0) is 18.4. The van der Waals surface area contributed by atoms with Gasteiger partial charge in [-0.15, -0.1) is 0 Å². The van der Waals surface area contributed by atoms with Gasteiger partial charge in [-0.1, -0.05) is 0 Å². The van der Waals surface area contributed by atoms with Gasteiger partial charge in [0.2, 0.25) is 0 Å². The van der Waals surface area contributed by atoms with E-state index in [-0.39, 0.29) is 17.3 Å². The highest BCUT2D eigenvalue weighted by Crippen LogP contribution is 2.31. The van der Waals surface area contributed by atoms with Gasteiger partial charge in [-0.2, -0.15) is 0 Å². The lowest BCUT2D eigenvalue weighted by molar-refractivity contribution is 0.102. The van der Waals surface area contributed by atoms with Crippen molar-refractivity contribution >= 4 is 28.3 Å². The molecular formula is C17H14F3N3O2S. The quantitative estimate of drug-likeness (QED) is 0.787. The van der Waals surface area contributed by atoms with Crippen molar-refractivity contribution in [2.75, 3.05) is 23.7 Å². The third-order valence-electron chi connectivity index (χ3n) is 4.42. The number of benzene rings is 2. The van der Waals surface area contributed by atoms with E-state index in [0.29, 0.717) is 35.8 Å². The number of anilines is 2. The third-order valence-corrected chi connectivity index (χ3v) is 5.93. The largest absolute Gasteiger partial charge is 0.380 e. The Hall–Kier alpha value is -2.39. The molecular weight excluding hydrogens is 367 g/mol. The molecule has 136 valence electrons. The Balaban J connectivity index is 1.62. The second-order valence-electron chi connectivity index (χ2n) is 6.19. The number of nitrogens with zero attached hydrogens (tertiary/aromatic N) is 1. The maximum absolute atomic E-state index is 13.3. The van der Waals surface area contributed by atoms with Gasteiger partial charge in [0.15, 0.2) is 17.5 Å². The molecule has 1 amide bonds. The number of hydrogen-bond donors (Lipinski definition) is 2. The Bertz CT molecular complexity index is 914. The molecule has 2 heterocycles. The summed E-state index contributed by atoms with van der Waals surface area (Å²) >= 11 is 0. The van der Waals surface area contributed by atoms with E-state index in [1.807, 2.05) is 4.31 Å². The van der Waals surface area contributed by atoms with Crippen LogP contribution in [0.5, 0.6) is 0 Å². The Morgan fingerprint density at radius 2 is 1.92 bits per heavy atom. The van der Waals surface area contributed by atoms with Crippen molar-refractivity contribution in [3.8, 4) is 0 Å². The number of halogens is 3. The van der Waals surface area contributed by atoms with Crippen LogP contribution in [0.2, 0.25) is 0 Å². The van der Waals surface area contributed by atoms with Crippen molar-refractivity contribution in [3.63, 3.8) is 0 Å². The number of hydrogen-bond acceptors (Lipinski definition) is 3. The second kappa shape index (κ2) is 6.40. The SMILES string of the molecule is O=C(Nc1cc(F)c(F)c(F)c1)c1ccc2c(c1)S(=O)N1CC[C@@H](C1)N2. The van der Waals surface area contributed by atoms with Crippen molar-refractivity contribution in [2.45, 2.75) is 17.4 Å². The molecule has 1 saturated heterocycles. The molecule has 2 unspecified atom stereocenters. The maximum atomic E-state index is 13.3. The van der Waals surface area contributed by atoms with Crippen LogP contribution >= 0.6 is 0 Å². The Morgan fingerprint density at radius 1 is 1.19 bits per heavy atom. The zero-order valence-electron chi connectivity index (χ0n) is 13.4. The first-order valence-corrected chi connectivity index (χ1v) is 9.06. The number of fused-ring (bicyclic) bond motifs is 3. The summed E-state index contributed by atoms with van der Waals surface area (Å²) in [7, 11) is -1.39. The van der Waals surface area contributed by atoms with Crippen LogP contribution in [-0.2, 0) is 11.0 Å². The van der Waals surface area contributed by atoms with Crippen molar-refractivity contribution in [3.05, 3.63) is 53.3 Å². The van der Waals surface area contributed by atoms with Gasteiger partial charge in [-0.3, -0.25) is 4.79 Å². The maximum Gasteiger partial charge on any atom is 0.255 e. The van der Waals surface area contributed by atoms with Crippen LogP contribution in [0.4, 0.5) is 24.5 Å². The summed E-state index contributed by atoms with van der Waals surface area (Å²) in [4.78, 5) is 12.9. The average molecular weight is 381 g/mol. The molecule has 2 aromatic rings. The molecule has 0 aromatic heterocycles. The normalized spacial score (nSPS) is 23.7.